The first-order valence-corrected chi connectivity index (χ1v) is 11.4. The number of amides is 1. The third kappa shape index (κ3) is 5.69. The van der Waals surface area contributed by atoms with Gasteiger partial charge in [0.05, 0.1) is 6.10 Å². The minimum atomic E-state index is -0.565. The number of unbranched alkanes of at least 4 members (excludes halogenated alkanes) is 1. The van der Waals surface area contributed by atoms with E-state index in [4.69, 9.17) is 10.1 Å². The highest BCUT2D eigenvalue weighted by molar-refractivity contribution is 6.07. The summed E-state index contributed by atoms with van der Waals surface area (Å²) in [6.07, 6.45) is 16.8. The van der Waals surface area contributed by atoms with Gasteiger partial charge in [0, 0.05) is 6.61 Å². The summed E-state index contributed by atoms with van der Waals surface area (Å²) < 4.78 is 6.09. The monoisotopic (exact) mass is 377 g/mol. The average molecular weight is 378 g/mol. The first-order valence-electron chi connectivity index (χ1n) is 11.4. The largest absolute Gasteiger partial charge is 0.378 e. The SMILES string of the molecule is CCCCOC1CCCC(C[C@@]2(CCC3CCCCC3)NC(=N)NC2=O)C1. The minimum absolute atomic E-state index is 0.0253. The lowest BCUT2D eigenvalue weighted by Gasteiger charge is -2.36. The molecule has 0 bridgehead atoms. The fourth-order valence-electron chi connectivity index (χ4n) is 5.37. The first kappa shape index (κ1) is 20.6. The van der Waals surface area contributed by atoms with Crippen molar-refractivity contribution in [3.63, 3.8) is 0 Å². The number of carbonyl (C=O) groups excluding carboxylic acids is 1. The van der Waals surface area contributed by atoms with Crippen molar-refractivity contribution in [2.75, 3.05) is 6.61 Å². The Labute approximate surface area is 164 Å². The van der Waals surface area contributed by atoms with Gasteiger partial charge in [0.25, 0.3) is 5.91 Å². The zero-order valence-electron chi connectivity index (χ0n) is 17.2. The van der Waals surface area contributed by atoms with E-state index in [2.05, 4.69) is 17.6 Å². The first-order chi connectivity index (χ1) is 13.1. The van der Waals surface area contributed by atoms with Gasteiger partial charge in [-0.15, -0.1) is 0 Å². The maximum atomic E-state index is 12.8. The van der Waals surface area contributed by atoms with Gasteiger partial charge in [-0.05, 0) is 50.4 Å². The molecule has 3 aliphatic rings. The summed E-state index contributed by atoms with van der Waals surface area (Å²) in [7, 11) is 0. The van der Waals surface area contributed by atoms with E-state index in [9.17, 15) is 4.79 Å². The minimum Gasteiger partial charge on any atom is -0.378 e. The molecule has 3 fully saturated rings. The molecule has 1 amide bonds. The van der Waals surface area contributed by atoms with E-state index in [1.807, 2.05) is 0 Å². The molecule has 2 unspecified atom stereocenters. The lowest BCUT2D eigenvalue weighted by atomic mass is 9.74. The summed E-state index contributed by atoms with van der Waals surface area (Å²) in [6.45, 7) is 3.06. The van der Waals surface area contributed by atoms with Crippen LogP contribution in [0.4, 0.5) is 0 Å². The van der Waals surface area contributed by atoms with Crippen molar-refractivity contribution >= 4 is 11.9 Å². The standard InChI is InChI=1S/C22H39N3O2/c1-2-3-14-27-19-11-7-10-18(15-19)16-22(20(26)24-21(23)25-22)13-12-17-8-5-4-6-9-17/h17-19H,2-16H2,1H3,(H3,23,24,25,26)/t18?,19?,22-/m1/s1. The highest BCUT2D eigenvalue weighted by Gasteiger charge is 2.46. The molecule has 1 saturated heterocycles. The number of hydrogen-bond donors (Lipinski definition) is 3. The van der Waals surface area contributed by atoms with Gasteiger partial charge < -0.3 is 10.1 Å². The topological polar surface area (TPSA) is 74.2 Å². The molecule has 5 heteroatoms. The lowest BCUT2D eigenvalue weighted by molar-refractivity contribution is -0.125. The van der Waals surface area contributed by atoms with E-state index >= 15 is 0 Å². The highest BCUT2D eigenvalue weighted by atomic mass is 16.5. The predicted molar refractivity (Wildman–Crippen MR) is 109 cm³/mol. The van der Waals surface area contributed by atoms with Crippen molar-refractivity contribution in [2.45, 2.75) is 108 Å². The van der Waals surface area contributed by atoms with E-state index in [1.165, 1.54) is 51.4 Å². The van der Waals surface area contributed by atoms with Gasteiger partial charge in [0.2, 0.25) is 0 Å². The van der Waals surface area contributed by atoms with Gasteiger partial charge in [-0.1, -0.05) is 58.3 Å². The Balaban J connectivity index is 1.57. The number of hydrogen-bond acceptors (Lipinski definition) is 3. The Morgan fingerprint density at radius 2 is 1.89 bits per heavy atom. The second kappa shape index (κ2) is 9.90. The van der Waals surface area contributed by atoms with Crippen LogP contribution in [0.5, 0.6) is 0 Å². The van der Waals surface area contributed by atoms with Crippen LogP contribution in [0.3, 0.4) is 0 Å². The predicted octanol–water partition coefficient (Wildman–Crippen LogP) is 4.51. The van der Waals surface area contributed by atoms with Crippen molar-refractivity contribution in [1.82, 2.24) is 10.6 Å². The molecule has 27 heavy (non-hydrogen) atoms. The summed E-state index contributed by atoms with van der Waals surface area (Å²) >= 11 is 0. The molecule has 2 aliphatic carbocycles. The molecule has 0 aromatic rings. The van der Waals surface area contributed by atoms with Crippen molar-refractivity contribution in [2.24, 2.45) is 11.8 Å². The molecule has 154 valence electrons. The van der Waals surface area contributed by atoms with Gasteiger partial charge in [-0.2, -0.15) is 0 Å². The zero-order valence-corrected chi connectivity index (χ0v) is 17.2. The van der Waals surface area contributed by atoms with Crippen LogP contribution in [0, 0.1) is 17.2 Å². The van der Waals surface area contributed by atoms with E-state index in [1.54, 1.807) is 0 Å². The summed E-state index contributed by atoms with van der Waals surface area (Å²) in [4.78, 5) is 12.8. The smallest absolute Gasteiger partial charge is 0.252 e. The van der Waals surface area contributed by atoms with Crippen LogP contribution in [0.25, 0.3) is 0 Å². The Hall–Kier alpha value is -1.10. The molecule has 5 nitrogen and oxygen atoms in total. The summed E-state index contributed by atoms with van der Waals surface area (Å²) in [5.41, 5.74) is -0.565. The maximum absolute atomic E-state index is 12.8. The number of guanidine groups is 1. The Morgan fingerprint density at radius 3 is 2.59 bits per heavy atom. The Morgan fingerprint density at radius 1 is 1.11 bits per heavy atom. The van der Waals surface area contributed by atoms with Crippen LogP contribution < -0.4 is 10.6 Å². The zero-order chi connectivity index (χ0) is 19.1. The van der Waals surface area contributed by atoms with Gasteiger partial charge in [-0.25, -0.2) is 0 Å². The molecule has 1 heterocycles. The summed E-state index contributed by atoms with van der Waals surface area (Å²) in [5, 5.41) is 14.0. The summed E-state index contributed by atoms with van der Waals surface area (Å²) in [6, 6.07) is 0. The van der Waals surface area contributed by atoms with Crippen LogP contribution in [0.2, 0.25) is 0 Å². The summed E-state index contributed by atoms with van der Waals surface area (Å²) in [5.74, 6) is 1.49. The second-order valence-electron chi connectivity index (χ2n) is 9.16. The molecule has 0 aromatic heterocycles. The maximum Gasteiger partial charge on any atom is 0.252 e. The van der Waals surface area contributed by atoms with Gasteiger partial charge in [0.1, 0.15) is 5.54 Å². The molecule has 2 saturated carbocycles. The van der Waals surface area contributed by atoms with E-state index in [-0.39, 0.29) is 11.9 Å². The van der Waals surface area contributed by atoms with Gasteiger partial charge in [0.15, 0.2) is 5.96 Å². The Bertz CT molecular complexity index is 504. The third-order valence-electron chi connectivity index (χ3n) is 6.96. The van der Waals surface area contributed by atoms with E-state index in [0.717, 1.165) is 51.0 Å². The third-order valence-corrected chi connectivity index (χ3v) is 6.96. The fourth-order valence-corrected chi connectivity index (χ4v) is 5.37. The lowest BCUT2D eigenvalue weighted by Crippen LogP contribution is -2.49. The van der Waals surface area contributed by atoms with Crippen molar-refractivity contribution in [3.8, 4) is 0 Å². The molecule has 0 aromatic carbocycles. The van der Waals surface area contributed by atoms with E-state index < -0.39 is 5.54 Å². The van der Waals surface area contributed by atoms with Crippen LogP contribution >= 0.6 is 0 Å². The van der Waals surface area contributed by atoms with Crippen LogP contribution in [-0.4, -0.2) is 30.1 Å². The quantitative estimate of drug-likeness (QED) is 0.518. The fraction of sp³-hybridized carbons (Fsp3) is 0.909. The molecular weight excluding hydrogens is 338 g/mol. The molecular formula is C22H39N3O2. The number of carbonyl (C=O) groups is 1. The molecule has 0 radical (unpaired) electrons. The molecule has 1 aliphatic heterocycles. The van der Waals surface area contributed by atoms with Crippen LogP contribution in [0.15, 0.2) is 0 Å². The Kier molecular flexibility index (Phi) is 7.57. The number of ether oxygens (including phenoxy) is 1. The van der Waals surface area contributed by atoms with Crippen molar-refractivity contribution in [3.05, 3.63) is 0 Å². The number of nitrogens with one attached hydrogen (secondary N) is 3. The van der Waals surface area contributed by atoms with Gasteiger partial charge >= 0.3 is 0 Å². The van der Waals surface area contributed by atoms with Crippen molar-refractivity contribution < 1.29 is 9.53 Å². The van der Waals surface area contributed by atoms with Crippen LogP contribution in [0.1, 0.15) is 96.8 Å². The molecule has 3 N–H and O–H groups in total. The highest BCUT2D eigenvalue weighted by Crippen LogP contribution is 2.37. The molecule has 3 atom stereocenters. The molecule has 0 spiro atoms. The van der Waals surface area contributed by atoms with Crippen molar-refractivity contribution in [1.29, 1.82) is 5.41 Å². The van der Waals surface area contributed by atoms with E-state index in [0.29, 0.717) is 12.0 Å². The van der Waals surface area contributed by atoms with Crippen LogP contribution in [-0.2, 0) is 9.53 Å². The normalized spacial score (nSPS) is 32.3. The second-order valence-corrected chi connectivity index (χ2v) is 9.16. The number of rotatable bonds is 9. The van der Waals surface area contributed by atoms with Gasteiger partial charge in [-0.3, -0.25) is 15.5 Å². The molecule has 3 rings (SSSR count). The average Bonchev–Trinajstić information content (AvgIpc) is 2.95.